The Bertz CT molecular complexity index is 3800. The summed E-state index contributed by atoms with van der Waals surface area (Å²) < 4.78 is 17.7. The third-order valence-corrected chi connectivity index (χ3v) is 12.1. The number of para-hydroxylation sites is 3. The SMILES string of the molecule is c1ccc(-c2cccc(-n3c4ccccc4c4cc(-c5ccc6c(c5)c5ccccc5n6-c5ccc6c(c5)oc5c6ccc6oc7ccccc7c65)ccc43)c2)cc1. The lowest BCUT2D eigenvalue weighted by Crippen LogP contribution is -1.94. The van der Waals surface area contributed by atoms with Gasteiger partial charge in [-0.2, -0.15) is 0 Å². The minimum Gasteiger partial charge on any atom is -0.456 e. The summed E-state index contributed by atoms with van der Waals surface area (Å²) in [7, 11) is 0. The Morgan fingerprint density at radius 3 is 1.57 bits per heavy atom. The summed E-state index contributed by atoms with van der Waals surface area (Å²) in [6, 6.07) is 69.7. The van der Waals surface area contributed by atoms with Gasteiger partial charge < -0.3 is 18.0 Å². The fraction of sp³-hybridized carbons (Fsp3) is 0. The predicted molar refractivity (Wildman–Crippen MR) is 241 cm³/mol. The quantitative estimate of drug-likeness (QED) is 0.180. The summed E-state index contributed by atoms with van der Waals surface area (Å²) >= 11 is 0. The van der Waals surface area contributed by atoms with E-state index in [0.29, 0.717) is 0 Å². The van der Waals surface area contributed by atoms with Crippen LogP contribution in [0.2, 0.25) is 0 Å². The first-order valence-electron chi connectivity index (χ1n) is 19.7. The molecule has 0 spiro atoms. The molecule has 9 aromatic carbocycles. The average molecular weight is 741 g/mol. The molecule has 0 N–H and O–H groups in total. The standard InChI is InChI=1S/C54H32N2O2/c1-2-11-33(12-3-1)34-13-10-14-37(29-34)55-46-18-7-4-15-39(46)44-30-35(21-26-48(44)55)36-22-27-49-45(31-36)40-16-5-8-19-47(40)56(49)38-23-24-41-42-25-28-51-53(54(42)58-52(41)32-38)43-17-6-9-20-50(43)57-51/h1-32H. The van der Waals surface area contributed by atoms with Crippen molar-refractivity contribution >= 4 is 87.5 Å². The highest BCUT2D eigenvalue weighted by Gasteiger charge is 2.19. The number of benzene rings is 9. The molecule has 0 bridgehead atoms. The van der Waals surface area contributed by atoms with E-state index in [2.05, 4.69) is 191 Å². The van der Waals surface area contributed by atoms with Gasteiger partial charge in [-0.25, -0.2) is 0 Å². The second kappa shape index (κ2) is 11.8. The van der Waals surface area contributed by atoms with Crippen molar-refractivity contribution in [2.75, 3.05) is 0 Å². The fourth-order valence-corrected chi connectivity index (χ4v) is 9.49. The highest BCUT2D eigenvalue weighted by molar-refractivity contribution is 6.22. The Kier molecular flexibility index (Phi) is 6.41. The third-order valence-electron chi connectivity index (χ3n) is 12.1. The summed E-state index contributed by atoms with van der Waals surface area (Å²) in [5.74, 6) is 0. The zero-order valence-electron chi connectivity index (χ0n) is 31.2. The first kappa shape index (κ1) is 31.4. The molecule has 13 aromatic rings. The van der Waals surface area contributed by atoms with Crippen molar-refractivity contribution in [1.82, 2.24) is 9.13 Å². The number of hydrogen-bond donors (Lipinski definition) is 0. The van der Waals surface area contributed by atoms with Gasteiger partial charge in [-0.1, -0.05) is 109 Å². The Morgan fingerprint density at radius 2 is 0.845 bits per heavy atom. The van der Waals surface area contributed by atoms with E-state index in [0.717, 1.165) is 66.3 Å². The predicted octanol–water partition coefficient (Wildman–Crippen LogP) is 15.0. The van der Waals surface area contributed by atoms with Crippen molar-refractivity contribution in [3.8, 4) is 33.6 Å². The van der Waals surface area contributed by atoms with Gasteiger partial charge in [0, 0.05) is 55.1 Å². The molecule has 13 rings (SSSR count). The summed E-state index contributed by atoms with van der Waals surface area (Å²) in [6.07, 6.45) is 0. The van der Waals surface area contributed by atoms with Crippen LogP contribution in [-0.2, 0) is 0 Å². The molecule has 4 nitrogen and oxygen atoms in total. The lowest BCUT2D eigenvalue weighted by atomic mass is 10.0. The van der Waals surface area contributed by atoms with Crippen molar-refractivity contribution in [3.05, 3.63) is 194 Å². The minimum absolute atomic E-state index is 0.838. The van der Waals surface area contributed by atoms with Gasteiger partial charge in [0.1, 0.15) is 22.3 Å². The number of aromatic nitrogens is 2. The molecule has 58 heavy (non-hydrogen) atoms. The highest BCUT2D eigenvalue weighted by Crippen LogP contribution is 2.42. The topological polar surface area (TPSA) is 36.1 Å². The van der Waals surface area contributed by atoms with Crippen LogP contribution in [0.1, 0.15) is 0 Å². The van der Waals surface area contributed by atoms with E-state index < -0.39 is 0 Å². The number of hydrogen-bond acceptors (Lipinski definition) is 2. The van der Waals surface area contributed by atoms with E-state index in [9.17, 15) is 0 Å². The molecule has 0 aliphatic carbocycles. The molecular formula is C54H32N2O2. The second-order valence-electron chi connectivity index (χ2n) is 15.3. The van der Waals surface area contributed by atoms with Crippen LogP contribution >= 0.6 is 0 Å². The van der Waals surface area contributed by atoms with Gasteiger partial charge in [0.15, 0.2) is 0 Å². The zero-order chi connectivity index (χ0) is 37.9. The third kappa shape index (κ3) is 4.45. The maximum absolute atomic E-state index is 6.72. The number of rotatable bonds is 4. The molecule has 0 aliphatic heterocycles. The number of nitrogens with zero attached hydrogens (tertiary/aromatic N) is 2. The lowest BCUT2D eigenvalue weighted by molar-refractivity contribution is 0.662. The summed E-state index contributed by atoms with van der Waals surface area (Å²) in [6.45, 7) is 0. The van der Waals surface area contributed by atoms with Crippen LogP contribution in [0.5, 0.6) is 0 Å². The molecule has 0 saturated carbocycles. The molecule has 4 heteroatoms. The Hall–Kier alpha value is -7.82. The molecule has 0 saturated heterocycles. The van der Waals surface area contributed by atoms with Crippen LogP contribution in [0, 0.1) is 0 Å². The normalized spacial score (nSPS) is 12.1. The van der Waals surface area contributed by atoms with Gasteiger partial charge >= 0.3 is 0 Å². The van der Waals surface area contributed by atoms with Crippen molar-refractivity contribution in [1.29, 1.82) is 0 Å². The highest BCUT2D eigenvalue weighted by atomic mass is 16.3. The van der Waals surface area contributed by atoms with Crippen molar-refractivity contribution in [3.63, 3.8) is 0 Å². The molecule has 0 fully saturated rings. The maximum atomic E-state index is 6.72. The van der Waals surface area contributed by atoms with E-state index in [4.69, 9.17) is 8.83 Å². The van der Waals surface area contributed by atoms with Crippen LogP contribution in [0.25, 0.3) is 121 Å². The first-order valence-corrected chi connectivity index (χ1v) is 19.7. The van der Waals surface area contributed by atoms with Crippen LogP contribution in [0.15, 0.2) is 203 Å². The summed E-state index contributed by atoms with van der Waals surface area (Å²) in [4.78, 5) is 0. The molecule has 0 amide bonds. The van der Waals surface area contributed by atoms with Crippen LogP contribution < -0.4 is 0 Å². The molecule has 0 aliphatic rings. The number of fused-ring (bicyclic) bond motifs is 13. The van der Waals surface area contributed by atoms with Gasteiger partial charge in [0.2, 0.25) is 0 Å². The lowest BCUT2D eigenvalue weighted by Gasteiger charge is -2.11. The van der Waals surface area contributed by atoms with Crippen molar-refractivity contribution in [2.24, 2.45) is 0 Å². The van der Waals surface area contributed by atoms with E-state index in [1.54, 1.807) is 0 Å². The number of furan rings is 2. The molecule has 270 valence electrons. The first-order chi connectivity index (χ1) is 28.7. The van der Waals surface area contributed by atoms with E-state index >= 15 is 0 Å². The molecular weight excluding hydrogens is 709 g/mol. The van der Waals surface area contributed by atoms with Gasteiger partial charge in [-0.3, -0.25) is 0 Å². The van der Waals surface area contributed by atoms with Gasteiger partial charge in [0.25, 0.3) is 0 Å². The Balaban J connectivity index is 0.955. The van der Waals surface area contributed by atoms with E-state index in [1.165, 1.54) is 54.8 Å². The molecule has 0 unspecified atom stereocenters. The largest absolute Gasteiger partial charge is 0.456 e. The average Bonchev–Trinajstić information content (AvgIpc) is 4.03. The van der Waals surface area contributed by atoms with Crippen LogP contribution in [-0.4, -0.2) is 9.13 Å². The van der Waals surface area contributed by atoms with Crippen LogP contribution in [0.4, 0.5) is 0 Å². The Morgan fingerprint density at radius 1 is 0.276 bits per heavy atom. The minimum atomic E-state index is 0.838. The van der Waals surface area contributed by atoms with Gasteiger partial charge in [-0.15, -0.1) is 0 Å². The van der Waals surface area contributed by atoms with Gasteiger partial charge in [0.05, 0.1) is 27.5 Å². The zero-order valence-corrected chi connectivity index (χ0v) is 31.2. The van der Waals surface area contributed by atoms with Gasteiger partial charge in [-0.05, 0) is 101 Å². The van der Waals surface area contributed by atoms with E-state index in [-0.39, 0.29) is 0 Å². The molecule has 4 aromatic heterocycles. The second-order valence-corrected chi connectivity index (χ2v) is 15.3. The smallest absolute Gasteiger partial charge is 0.147 e. The van der Waals surface area contributed by atoms with Crippen molar-refractivity contribution in [2.45, 2.75) is 0 Å². The fourth-order valence-electron chi connectivity index (χ4n) is 9.49. The molecule has 4 heterocycles. The molecule has 0 atom stereocenters. The van der Waals surface area contributed by atoms with Crippen molar-refractivity contribution < 1.29 is 8.83 Å². The van der Waals surface area contributed by atoms with E-state index in [1.807, 2.05) is 12.1 Å². The maximum Gasteiger partial charge on any atom is 0.147 e. The monoisotopic (exact) mass is 740 g/mol. The molecule has 0 radical (unpaired) electrons. The van der Waals surface area contributed by atoms with Crippen LogP contribution in [0.3, 0.4) is 0 Å². The summed E-state index contributed by atoms with van der Waals surface area (Å²) in [5, 5.41) is 9.18. The Labute approximate surface area is 332 Å². The summed E-state index contributed by atoms with van der Waals surface area (Å²) in [5.41, 5.74) is 15.1.